The molecule has 34 heavy (non-hydrogen) atoms. The second kappa shape index (κ2) is 7.12. The normalized spacial score (nSPS) is 53.4. The smallest absolute Gasteiger partial charge is 0.310 e. The summed E-state index contributed by atoms with van der Waals surface area (Å²) in [6, 6.07) is 0. The van der Waals surface area contributed by atoms with Gasteiger partial charge < -0.3 is 15.3 Å². The Bertz CT molecular complexity index is 919. The molecule has 192 valence electrons. The van der Waals surface area contributed by atoms with E-state index in [2.05, 4.69) is 54.5 Å². The lowest BCUT2D eigenvalue weighted by Crippen LogP contribution is -2.67. The molecule has 4 saturated carbocycles. The monoisotopic (exact) mass is 472 g/mol. The molecule has 4 heteroatoms. The van der Waals surface area contributed by atoms with Crippen LogP contribution in [0.4, 0.5) is 0 Å². The summed E-state index contributed by atoms with van der Waals surface area (Å²) in [5, 5.41) is 32.4. The SMILES string of the molecule is CC1(C)CC[C@]2(C(=O)O)CC[C@]3(C)C(=CC[C@H]4[C@@]5(C)C[C@@H](O)[C@@H](O)C(C)(C)[C@@H]5CC[C@]43C)[C@@H]2C1. The van der Waals surface area contributed by atoms with Gasteiger partial charge in [-0.25, -0.2) is 0 Å². The third-order valence-corrected chi connectivity index (χ3v) is 13.0. The van der Waals surface area contributed by atoms with Gasteiger partial charge in [-0.15, -0.1) is 0 Å². The zero-order valence-electron chi connectivity index (χ0n) is 22.6. The second-order valence-electron chi connectivity index (χ2n) is 15.2. The highest BCUT2D eigenvalue weighted by Crippen LogP contribution is 2.75. The van der Waals surface area contributed by atoms with E-state index in [1.165, 1.54) is 5.57 Å². The van der Waals surface area contributed by atoms with Gasteiger partial charge in [0.25, 0.3) is 0 Å². The first-order valence-electron chi connectivity index (χ1n) is 13.9. The Morgan fingerprint density at radius 2 is 1.53 bits per heavy atom. The van der Waals surface area contributed by atoms with E-state index < -0.39 is 23.6 Å². The van der Waals surface area contributed by atoms with Crippen molar-refractivity contribution in [3.8, 4) is 0 Å². The van der Waals surface area contributed by atoms with E-state index in [4.69, 9.17) is 0 Å². The number of fused-ring (bicyclic) bond motifs is 7. The van der Waals surface area contributed by atoms with Crippen LogP contribution in [-0.4, -0.2) is 33.5 Å². The van der Waals surface area contributed by atoms with Gasteiger partial charge >= 0.3 is 5.97 Å². The van der Waals surface area contributed by atoms with Crippen LogP contribution in [0.2, 0.25) is 0 Å². The first kappa shape index (κ1) is 24.8. The summed E-state index contributed by atoms with van der Waals surface area (Å²) in [4.78, 5) is 12.8. The van der Waals surface area contributed by atoms with Gasteiger partial charge in [-0.2, -0.15) is 0 Å². The number of carboxylic acid groups (broad SMARTS) is 1. The number of rotatable bonds is 1. The molecular weight excluding hydrogens is 424 g/mol. The van der Waals surface area contributed by atoms with Crippen LogP contribution in [0.5, 0.6) is 0 Å². The molecule has 5 aliphatic carbocycles. The van der Waals surface area contributed by atoms with E-state index in [0.717, 1.165) is 51.4 Å². The Kier molecular flexibility index (Phi) is 5.20. The van der Waals surface area contributed by atoms with Crippen molar-refractivity contribution in [2.24, 2.45) is 50.2 Å². The van der Waals surface area contributed by atoms with Crippen molar-refractivity contribution in [1.29, 1.82) is 0 Å². The van der Waals surface area contributed by atoms with Crippen LogP contribution >= 0.6 is 0 Å². The predicted molar refractivity (Wildman–Crippen MR) is 134 cm³/mol. The summed E-state index contributed by atoms with van der Waals surface area (Å²) in [6.07, 6.45) is 9.45. The molecule has 0 radical (unpaired) electrons. The third-order valence-electron chi connectivity index (χ3n) is 13.0. The van der Waals surface area contributed by atoms with E-state index in [0.29, 0.717) is 18.3 Å². The molecule has 0 heterocycles. The molecule has 5 rings (SSSR count). The maximum atomic E-state index is 12.8. The van der Waals surface area contributed by atoms with Crippen molar-refractivity contribution in [2.45, 2.75) is 118 Å². The van der Waals surface area contributed by atoms with Gasteiger partial charge in [0.1, 0.15) is 0 Å². The quantitative estimate of drug-likeness (QED) is 0.397. The minimum atomic E-state index is -0.679. The van der Waals surface area contributed by atoms with Crippen molar-refractivity contribution in [1.82, 2.24) is 0 Å². The standard InChI is InChI=1S/C30H48O4/c1-25(2)12-14-30(24(33)34)15-13-28(6)18(19(30)16-25)8-9-22-27(5)17-20(31)23(32)26(3,4)21(27)10-11-29(22,28)7/h8,19-23,31-32H,9-17H2,1-7H3,(H,33,34)/t19-,20+,21-,22-,23+,27-,28+,29+,30-/m0/s1. The highest BCUT2D eigenvalue weighted by molar-refractivity contribution is 5.76. The highest BCUT2D eigenvalue weighted by Gasteiger charge is 2.70. The number of hydrogen-bond donors (Lipinski definition) is 3. The van der Waals surface area contributed by atoms with Crippen molar-refractivity contribution in [2.75, 3.05) is 0 Å². The number of carbonyl (C=O) groups is 1. The van der Waals surface area contributed by atoms with Crippen molar-refractivity contribution in [3.05, 3.63) is 11.6 Å². The van der Waals surface area contributed by atoms with Gasteiger partial charge in [-0.1, -0.05) is 60.1 Å². The van der Waals surface area contributed by atoms with Crippen molar-refractivity contribution >= 4 is 5.97 Å². The molecule has 0 aromatic carbocycles. The minimum Gasteiger partial charge on any atom is -0.481 e. The lowest BCUT2D eigenvalue weighted by atomic mass is 9.33. The van der Waals surface area contributed by atoms with E-state index in [9.17, 15) is 20.1 Å². The molecule has 0 aliphatic heterocycles. The number of aliphatic hydroxyl groups is 2. The molecule has 4 nitrogen and oxygen atoms in total. The molecule has 4 fully saturated rings. The van der Waals surface area contributed by atoms with Gasteiger partial charge in [0.15, 0.2) is 0 Å². The van der Waals surface area contributed by atoms with Crippen LogP contribution in [-0.2, 0) is 4.79 Å². The van der Waals surface area contributed by atoms with Crippen LogP contribution in [0.1, 0.15) is 106 Å². The molecule has 0 bridgehead atoms. The summed E-state index contributed by atoms with van der Waals surface area (Å²) >= 11 is 0. The number of allylic oxidation sites excluding steroid dienone is 2. The summed E-state index contributed by atoms with van der Waals surface area (Å²) in [7, 11) is 0. The van der Waals surface area contributed by atoms with Gasteiger partial charge in [0.2, 0.25) is 0 Å². The number of aliphatic carboxylic acids is 1. The number of aliphatic hydroxyl groups excluding tert-OH is 2. The molecule has 0 spiro atoms. The minimum absolute atomic E-state index is 0.00785. The lowest BCUT2D eigenvalue weighted by Gasteiger charge is -2.71. The van der Waals surface area contributed by atoms with Gasteiger partial charge in [-0.3, -0.25) is 4.79 Å². The van der Waals surface area contributed by atoms with Crippen molar-refractivity contribution < 1.29 is 20.1 Å². The topological polar surface area (TPSA) is 77.8 Å². The van der Waals surface area contributed by atoms with Gasteiger partial charge in [0, 0.05) is 0 Å². The largest absolute Gasteiger partial charge is 0.481 e. The van der Waals surface area contributed by atoms with E-state index in [1.807, 2.05) is 0 Å². The Hall–Kier alpha value is -0.870. The fraction of sp³-hybridized carbons (Fsp3) is 0.900. The number of carboxylic acids is 1. The Morgan fingerprint density at radius 1 is 0.882 bits per heavy atom. The Labute approximate surface area is 206 Å². The molecule has 0 aromatic rings. The zero-order valence-corrected chi connectivity index (χ0v) is 22.6. The summed E-state index contributed by atoms with van der Waals surface area (Å²) in [6.45, 7) is 16.3. The third kappa shape index (κ3) is 2.88. The summed E-state index contributed by atoms with van der Waals surface area (Å²) in [5.74, 6) is 0.365. The molecular formula is C30H48O4. The van der Waals surface area contributed by atoms with Crippen molar-refractivity contribution in [3.63, 3.8) is 0 Å². The lowest BCUT2D eigenvalue weighted by molar-refractivity contribution is -0.231. The molecule has 5 aliphatic rings. The van der Waals surface area contributed by atoms with Crippen LogP contribution in [0.15, 0.2) is 11.6 Å². The molecule has 3 N–H and O–H groups in total. The maximum Gasteiger partial charge on any atom is 0.310 e. The first-order valence-corrected chi connectivity index (χ1v) is 13.9. The van der Waals surface area contributed by atoms with Crippen LogP contribution < -0.4 is 0 Å². The zero-order chi connectivity index (χ0) is 25.1. The Morgan fingerprint density at radius 3 is 2.18 bits per heavy atom. The second-order valence-corrected chi connectivity index (χ2v) is 15.2. The summed E-state index contributed by atoms with van der Waals surface area (Å²) < 4.78 is 0. The average Bonchev–Trinajstić information content (AvgIpc) is 2.72. The molecule has 0 amide bonds. The number of hydrogen-bond acceptors (Lipinski definition) is 3. The first-order chi connectivity index (χ1) is 15.6. The Balaban J connectivity index is 1.61. The fourth-order valence-electron chi connectivity index (χ4n) is 10.8. The van der Waals surface area contributed by atoms with E-state index in [1.54, 1.807) is 0 Å². The average molecular weight is 473 g/mol. The molecule has 0 unspecified atom stereocenters. The predicted octanol–water partition coefficient (Wildman–Crippen LogP) is 6.20. The highest BCUT2D eigenvalue weighted by atomic mass is 16.4. The maximum absolute atomic E-state index is 12.8. The van der Waals surface area contributed by atoms with Crippen LogP contribution in [0, 0.1) is 50.2 Å². The summed E-state index contributed by atoms with van der Waals surface area (Å²) in [5.41, 5.74) is 0.754. The molecule has 0 saturated heterocycles. The van der Waals surface area contributed by atoms with Crippen LogP contribution in [0.25, 0.3) is 0 Å². The van der Waals surface area contributed by atoms with Gasteiger partial charge in [0.05, 0.1) is 17.6 Å². The van der Waals surface area contributed by atoms with E-state index in [-0.39, 0.29) is 33.0 Å². The fourth-order valence-corrected chi connectivity index (χ4v) is 10.8. The van der Waals surface area contributed by atoms with E-state index >= 15 is 0 Å². The molecule has 9 atom stereocenters. The van der Waals surface area contributed by atoms with Crippen LogP contribution in [0.3, 0.4) is 0 Å². The van der Waals surface area contributed by atoms with Gasteiger partial charge in [-0.05, 0) is 103 Å². The molecule has 0 aromatic heterocycles.